The van der Waals surface area contributed by atoms with E-state index >= 15 is 0 Å². The van der Waals surface area contributed by atoms with Crippen LogP contribution in [0.2, 0.25) is 0 Å². The minimum Gasteiger partial charge on any atom is -0.291 e. The summed E-state index contributed by atoms with van der Waals surface area (Å²) in [5.41, 5.74) is 0.343. The first kappa shape index (κ1) is 11.9. The Balaban J connectivity index is 3.05. The van der Waals surface area contributed by atoms with Crippen LogP contribution >= 0.6 is 0 Å². The molecule has 0 aliphatic rings. The highest BCUT2D eigenvalue weighted by atomic mass is 32.2. The Morgan fingerprint density at radius 1 is 1.60 bits per heavy atom. The van der Waals surface area contributed by atoms with Gasteiger partial charge in [0.05, 0.1) is 0 Å². The lowest BCUT2D eigenvalue weighted by Crippen LogP contribution is -2.28. The van der Waals surface area contributed by atoms with Gasteiger partial charge in [-0.1, -0.05) is 0 Å². The first-order valence-electron chi connectivity index (χ1n) is 4.62. The van der Waals surface area contributed by atoms with Crippen molar-refractivity contribution in [3.63, 3.8) is 0 Å². The largest absolute Gasteiger partial charge is 0.291 e. The molecule has 0 saturated carbocycles. The van der Waals surface area contributed by atoms with Crippen LogP contribution in [0.4, 0.5) is 0 Å². The summed E-state index contributed by atoms with van der Waals surface area (Å²) in [6, 6.07) is 1.54. The molecule has 1 aromatic heterocycles. The van der Waals surface area contributed by atoms with Crippen LogP contribution in [-0.4, -0.2) is 35.5 Å². The van der Waals surface area contributed by atoms with Gasteiger partial charge in [-0.25, -0.2) is 8.42 Å². The Morgan fingerprint density at radius 3 is 2.67 bits per heavy atom. The summed E-state index contributed by atoms with van der Waals surface area (Å²) in [7, 11) is -3.34. The molecular formula is C9H14N2O3S. The fourth-order valence-electron chi connectivity index (χ4n) is 1.20. The zero-order valence-electron chi connectivity index (χ0n) is 8.97. The molecule has 5 nitrogen and oxygen atoms in total. The van der Waals surface area contributed by atoms with Crippen LogP contribution < -0.4 is 0 Å². The number of rotatable bonds is 4. The lowest BCUT2D eigenvalue weighted by molar-refractivity contribution is 0.0981. The summed E-state index contributed by atoms with van der Waals surface area (Å²) in [6.07, 6.45) is 2.55. The molecule has 1 heterocycles. The maximum absolute atomic E-state index is 11.8. The molecule has 0 saturated heterocycles. The van der Waals surface area contributed by atoms with E-state index in [0.717, 1.165) is 6.26 Å². The second-order valence-electron chi connectivity index (χ2n) is 3.37. The molecule has 0 aliphatic heterocycles. The molecule has 6 heteroatoms. The highest BCUT2D eigenvalue weighted by molar-refractivity contribution is 7.92. The molecule has 15 heavy (non-hydrogen) atoms. The number of carbonyl (C=O) groups excluding carboxylic acids is 1. The lowest BCUT2D eigenvalue weighted by Gasteiger charge is -2.09. The quantitative estimate of drug-likeness (QED) is 0.707. The van der Waals surface area contributed by atoms with E-state index in [2.05, 4.69) is 5.10 Å². The van der Waals surface area contributed by atoms with Gasteiger partial charge in [0.1, 0.15) is 10.9 Å². The molecule has 0 bridgehead atoms. The molecule has 1 unspecified atom stereocenters. The molecule has 84 valence electrons. The molecule has 0 amide bonds. The van der Waals surface area contributed by atoms with Crippen molar-refractivity contribution in [2.75, 3.05) is 6.26 Å². The first-order valence-corrected chi connectivity index (χ1v) is 6.58. The number of carbonyl (C=O) groups is 1. The van der Waals surface area contributed by atoms with E-state index in [0.29, 0.717) is 12.2 Å². The summed E-state index contributed by atoms with van der Waals surface area (Å²) < 4.78 is 23.9. The number of aromatic nitrogens is 2. The van der Waals surface area contributed by atoms with Gasteiger partial charge in [-0.3, -0.25) is 9.48 Å². The number of sulfone groups is 1. The topological polar surface area (TPSA) is 69.0 Å². The standard InChI is InChI=1S/C9H14N2O3S/c1-4-11-8(5-6-10-11)9(12)7(2)15(3,13)14/h5-7H,4H2,1-3H3. The average molecular weight is 230 g/mol. The Hall–Kier alpha value is -1.17. The van der Waals surface area contributed by atoms with Gasteiger partial charge in [0, 0.05) is 19.0 Å². The van der Waals surface area contributed by atoms with Crippen molar-refractivity contribution in [1.29, 1.82) is 0 Å². The van der Waals surface area contributed by atoms with Gasteiger partial charge in [0.25, 0.3) is 0 Å². The Kier molecular flexibility index (Phi) is 3.28. The molecule has 1 atom stereocenters. The van der Waals surface area contributed by atoms with Crippen LogP contribution in [0.5, 0.6) is 0 Å². The van der Waals surface area contributed by atoms with E-state index in [1.165, 1.54) is 23.9 Å². The predicted octanol–water partition coefficient (Wildman–Crippen LogP) is 0.519. The number of Topliss-reactive ketones (excluding diaryl/α,β-unsaturated/α-hetero) is 1. The highest BCUT2D eigenvalue weighted by Gasteiger charge is 2.26. The summed E-state index contributed by atoms with van der Waals surface area (Å²) in [4.78, 5) is 11.8. The normalized spacial score (nSPS) is 13.8. The fraction of sp³-hybridized carbons (Fsp3) is 0.556. The summed E-state index contributed by atoms with van der Waals surface area (Å²) in [6.45, 7) is 3.78. The SMILES string of the molecule is CCn1nccc1C(=O)C(C)S(C)(=O)=O. The lowest BCUT2D eigenvalue weighted by atomic mass is 10.2. The number of hydrogen-bond acceptors (Lipinski definition) is 4. The Bertz CT molecular complexity index is 461. The second kappa shape index (κ2) is 4.14. The molecule has 0 fully saturated rings. The van der Waals surface area contributed by atoms with Crippen LogP contribution in [-0.2, 0) is 16.4 Å². The zero-order chi connectivity index (χ0) is 11.6. The van der Waals surface area contributed by atoms with Crippen LogP contribution in [0.15, 0.2) is 12.3 Å². The van der Waals surface area contributed by atoms with Crippen molar-refractivity contribution in [1.82, 2.24) is 9.78 Å². The zero-order valence-corrected chi connectivity index (χ0v) is 9.78. The van der Waals surface area contributed by atoms with E-state index in [-0.39, 0.29) is 0 Å². The van der Waals surface area contributed by atoms with Crippen molar-refractivity contribution in [3.05, 3.63) is 18.0 Å². The minimum atomic E-state index is -3.34. The molecule has 1 aromatic rings. The van der Waals surface area contributed by atoms with E-state index < -0.39 is 20.9 Å². The minimum absolute atomic E-state index is 0.343. The molecule has 0 N–H and O–H groups in total. The average Bonchev–Trinajstić information content (AvgIpc) is 2.61. The van der Waals surface area contributed by atoms with Crippen molar-refractivity contribution in [2.24, 2.45) is 0 Å². The monoisotopic (exact) mass is 230 g/mol. The summed E-state index contributed by atoms with van der Waals surface area (Å²) in [5.74, 6) is -0.406. The summed E-state index contributed by atoms with van der Waals surface area (Å²) in [5, 5.41) is 2.91. The maximum atomic E-state index is 11.8. The van der Waals surface area contributed by atoms with Gasteiger partial charge in [0.15, 0.2) is 15.6 Å². The van der Waals surface area contributed by atoms with Gasteiger partial charge < -0.3 is 0 Å². The van der Waals surface area contributed by atoms with E-state index in [1.807, 2.05) is 6.92 Å². The highest BCUT2D eigenvalue weighted by Crippen LogP contribution is 2.09. The Morgan fingerprint density at radius 2 is 2.20 bits per heavy atom. The summed E-state index contributed by atoms with van der Waals surface area (Å²) >= 11 is 0. The third kappa shape index (κ3) is 2.44. The predicted molar refractivity (Wildman–Crippen MR) is 56.5 cm³/mol. The molecule has 1 rings (SSSR count). The third-order valence-corrected chi connectivity index (χ3v) is 3.78. The number of aryl methyl sites for hydroxylation is 1. The smallest absolute Gasteiger partial charge is 0.198 e. The molecule has 0 spiro atoms. The van der Waals surface area contributed by atoms with Crippen molar-refractivity contribution >= 4 is 15.6 Å². The Labute approximate surface area is 89.0 Å². The van der Waals surface area contributed by atoms with Gasteiger partial charge >= 0.3 is 0 Å². The van der Waals surface area contributed by atoms with Crippen molar-refractivity contribution in [2.45, 2.75) is 25.6 Å². The molecule has 0 aliphatic carbocycles. The van der Waals surface area contributed by atoms with Crippen LogP contribution in [0, 0.1) is 0 Å². The van der Waals surface area contributed by atoms with Gasteiger partial charge in [-0.2, -0.15) is 5.10 Å². The van der Waals surface area contributed by atoms with Gasteiger partial charge in [-0.15, -0.1) is 0 Å². The van der Waals surface area contributed by atoms with Crippen LogP contribution in [0.25, 0.3) is 0 Å². The van der Waals surface area contributed by atoms with E-state index in [9.17, 15) is 13.2 Å². The van der Waals surface area contributed by atoms with Crippen LogP contribution in [0.3, 0.4) is 0 Å². The van der Waals surface area contributed by atoms with E-state index in [4.69, 9.17) is 0 Å². The third-order valence-electron chi connectivity index (χ3n) is 2.28. The van der Waals surface area contributed by atoms with E-state index in [1.54, 1.807) is 0 Å². The number of hydrogen-bond donors (Lipinski definition) is 0. The molecule has 0 radical (unpaired) electrons. The number of nitrogens with zero attached hydrogens (tertiary/aromatic N) is 2. The first-order chi connectivity index (χ1) is 6.88. The molecule has 0 aromatic carbocycles. The van der Waals surface area contributed by atoms with Crippen LogP contribution in [0.1, 0.15) is 24.3 Å². The second-order valence-corrected chi connectivity index (χ2v) is 5.73. The maximum Gasteiger partial charge on any atom is 0.198 e. The fourth-order valence-corrected chi connectivity index (χ4v) is 1.71. The van der Waals surface area contributed by atoms with Gasteiger partial charge in [0.2, 0.25) is 0 Å². The van der Waals surface area contributed by atoms with Gasteiger partial charge in [-0.05, 0) is 19.9 Å². The van der Waals surface area contributed by atoms with Crippen molar-refractivity contribution < 1.29 is 13.2 Å². The number of ketones is 1. The molecular weight excluding hydrogens is 216 g/mol. The van der Waals surface area contributed by atoms with Crippen molar-refractivity contribution in [3.8, 4) is 0 Å².